The number of amides is 1. The molecular weight excluding hydrogens is 325 g/mol. The van der Waals surface area contributed by atoms with Gasteiger partial charge in [0, 0.05) is 16.9 Å². The maximum atomic E-state index is 13.4. The maximum absolute atomic E-state index is 13.4. The van der Waals surface area contributed by atoms with E-state index in [0.29, 0.717) is 12.2 Å². The number of carbonyl (C=O) groups excluding carboxylic acids is 1. The molecule has 0 bridgehead atoms. The molecule has 136 valence electrons. The molecule has 1 aliphatic rings. The summed E-state index contributed by atoms with van der Waals surface area (Å²) < 4.78 is 23.7. The summed E-state index contributed by atoms with van der Waals surface area (Å²) in [6.07, 6.45) is 3.77. The Labute approximate surface area is 146 Å². The number of hydrogen-bond acceptors (Lipinski definition) is 5. The molecule has 25 heavy (non-hydrogen) atoms. The summed E-state index contributed by atoms with van der Waals surface area (Å²) in [6.45, 7) is 2.29. The molecule has 0 saturated carbocycles. The largest absolute Gasteiger partial charge is 0.450 e. The number of aromatic nitrogens is 1. The van der Waals surface area contributed by atoms with Gasteiger partial charge < -0.3 is 19.9 Å². The quantitative estimate of drug-likeness (QED) is 0.810. The molecule has 0 aliphatic carbocycles. The van der Waals surface area contributed by atoms with Crippen LogP contribution < -0.4 is 5.73 Å². The van der Waals surface area contributed by atoms with E-state index in [1.807, 2.05) is 0 Å². The summed E-state index contributed by atoms with van der Waals surface area (Å²) in [7, 11) is 2.11. The minimum absolute atomic E-state index is 0.0949. The molecule has 2 N–H and O–H groups in total. The summed E-state index contributed by atoms with van der Waals surface area (Å²) in [5, 5.41) is 5.21. The van der Waals surface area contributed by atoms with Gasteiger partial charge in [0.2, 0.25) is 0 Å². The first kappa shape index (κ1) is 17.7. The average Bonchev–Trinajstić information content (AvgIpc) is 3.00. The summed E-state index contributed by atoms with van der Waals surface area (Å²) in [4.78, 5) is 13.0. The Morgan fingerprint density at radius 2 is 2.16 bits per heavy atom. The number of benzene rings is 1. The van der Waals surface area contributed by atoms with E-state index in [0.717, 1.165) is 56.3 Å². The van der Waals surface area contributed by atoms with E-state index in [1.165, 1.54) is 12.1 Å². The van der Waals surface area contributed by atoms with E-state index >= 15 is 0 Å². The van der Waals surface area contributed by atoms with Crippen LogP contribution >= 0.6 is 0 Å². The predicted molar refractivity (Wildman–Crippen MR) is 91.8 cm³/mol. The first-order valence-corrected chi connectivity index (χ1v) is 8.66. The number of rotatable bonds is 6. The van der Waals surface area contributed by atoms with E-state index in [9.17, 15) is 9.18 Å². The van der Waals surface area contributed by atoms with Crippen LogP contribution in [-0.4, -0.2) is 42.9 Å². The van der Waals surface area contributed by atoms with Gasteiger partial charge in [-0.25, -0.2) is 9.18 Å². The van der Waals surface area contributed by atoms with Gasteiger partial charge in [0.25, 0.3) is 0 Å². The summed E-state index contributed by atoms with van der Waals surface area (Å²) in [5.74, 6) is -0.323. The van der Waals surface area contributed by atoms with Crippen molar-refractivity contribution < 1.29 is 18.4 Å². The number of primary amides is 1. The highest BCUT2D eigenvalue weighted by Crippen LogP contribution is 2.42. The summed E-state index contributed by atoms with van der Waals surface area (Å²) in [6, 6.07) is 4.59. The third-order valence-electron chi connectivity index (χ3n) is 5.17. The lowest BCUT2D eigenvalue weighted by atomic mass is 9.71. The van der Waals surface area contributed by atoms with Gasteiger partial charge in [0.15, 0.2) is 5.58 Å². The van der Waals surface area contributed by atoms with E-state index in [2.05, 4.69) is 17.1 Å². The third kappa shape index (κ3) is 3.92. The van der Waals surface area contributed by atoms with E-state index < -0.39 is 6.09 Å². The van der Waals surface area contributed by atoms with Gasteiger partial charge in [-0.05, 0) is 64.4 Å². The lowest BCUT2D eigenvalue weighted by molar-refractivity contribution is 0.146. The highest BCUT2D eigenvalue weighted by Gasteiger charge is 2.38. The number of nitrogens with zero attached hydrogens (tertiary/aromatic N) is 2. The molecular formula is C18H24FN3O3. The van der Waals surface area contributed by atoms with Gasteiger partial charge >= 0.3 is 6.09 Å². The molecule has 0 unspecified atom stereocenters. The van der Waals surface area contributed by atoms with Crippen LogP contribution in [0.2, 0.25) is 0 Å². The highest BCUT2D eigenvalue weighted by molar-refractivity contribution is 5.80. The zero-order valence-corrected chi connectivity index (χ0v) is 14.5. The molecule has 1 aromatic carbocycles. The number of unbranched alkanes of at least 4 members (excludes halogenated alkanes) is 1. The van der Waals surface area contributed by atoms with Crippen molar-refractivity contribution in [3.8, 4) is 0 Å². The number of carbonyl (C=O) groups is 1. The van der Waals surface area contributed by atoms with Crippen LogP contribution in [0, 0.1) is 5.82 Å². The van der Waals surface area contributed by atoms with Crippen molar-refractivity contribution in [3.63, 3.8) is 0 Å². The Balaban J connectivity index is 1.80. The van der Waals surface area contributed by atoms with E-state index in [1.54, 1.807) is 6.07 Å². The number of nitrogens with two attached hydrogens (primary N) is 1. The van der Waals surface area contributed by atoms with Gasteiger partial charge in [0.05, 0.1) is 12.3 Å². The minimum atomic E-state index is -0.737. The van der Waals surface area contributed by atoms with Crippen LogP contribution in [0.25, 0.3) is 11.0 Å². The van der Waals surface area contributed by atoms with Crippen molar-refractivity contribution >= 4 is 17.1 Å². The lowest BCUT2D eigenvalue weighted by Crippen LogP contribution is -2.41. The predicted octanol–water partition coefficient (Wildman–Crippen LogP) is 3.20. The Kier molecular flexibility index (Phi) is 5.22. The van der Waals surface area contributed by atoms with Crippen LogP contribution in [0.15, 0.2) is 22.7 Å². The number of ether oxygens (including phenoxy) is 1. The Morgan fingerprint density at radius 1 is 1.40 bits per heavy atom. The van der Waals surface area contributed by atoms with Gasteiger partial charge in [-0.2, -0.15) is 0 Å². The van der Waals surface area contributed by atoms with E-state index in [-0.39, 0.29) is 11.2 Å². The zero-order chi connectivity index (χ0) is 17.9. The molecule has 2 aromatic rings. The molecule has 1 saturated heterocycles. The molecule has 2 heterocycles. The minimum Gasteiger partial charge on any atom is -0.450 e. The molecule has 0 spiro atoms. The second kappa shape index (κ2) is 7.39. The number of hydrogen-bond donors (Lipinski definition) is 1. The SMILES string of the molecule is CN1CCC(CCCCOC(N)=O)(c2noc3cc(F)ccc23)CC1. The molecule has 3 rings (SSSR count). The maximum Gasteiger partial charge on any atom is 0.404 e. The zero-order valence-electron chi connectivity index (χ0n) is 14.5. The van der Waals surface area contributed by atoms with Crippen molar-refractivity contribution in [3.05, 3.63) is 29.7 Å². The number of halogens is 1. The normalized spacial score (nSPS) is 17.7. The fourth-order valence-corrected chi connectivity index (χ4v) is 3.68. The van der Waals surface area contributed by atoms with Crippen molar-refractivity contribution in [1.29, 1.82) is 0 Å². The highest BCUT2D eigenvalue weighted by atomic mass is 19.1. The number of likely N-dealkylation sites (tertiary alicyclic amines) is 1. The Hall–Kier alpha value is -2.15. The molecule has 7 heteroatoms. The monoisotopic (exact) mass is 349 g/mol. The van der Waals surface area contributed by atoms with Crippen molar-refractivity contribution in [1.82, 2.24) is 10.1 Å². The first-order valence-electron chi connectivity index (χ1n) is 8.66. The smallest absolute Gasteiger partial charge is 0.404 e. The fourth-order valence-electron chi connectivity index (χ4n) is 3.68. The van der Waals surface area contributed by atoms with Crippen LogP contribution in [0.5, 0.6) is 0 Å². The van der Waals surface area contributed by atoms with Crippen molar-refractivity contribution in [2.45, 2.75) is 37.5 Å². The lowest BCUT2D eigenvalue weighted by Gasteiger charge is -2.39. The van der Waals surface area contributed by atoms with Gasteiger partial charge in [-0.3, -0.25) is 0 Å². The fraction of sp³-hybridized carbons (Fsp3) is 0.556. The average molecular weight is 349 g/mol. The van der Waals surface area contributed by atoms with Crippen LogP contribution in [-0.2, 0) is 10.2 Å². The Morgan fingerprint density at radius 3 is 2.88 bits per heavy atom. The summed E-state index contributed by atoms with van der Waals surface area (Å²) >= 11 is 0. The number of fused-ring (bicyclic) bond motifs is 1. The Bertz CT molecular complexity index is 738. The second-order valence-corrected chi connectivity index (χ2v) is 6.88. The first-order chi connectivity index (χ1) is 12.0. The molecule has 0 radical (unpaired) electrons. The molecule has 1 amide bonds. The third-order valence-corrected chi connectivity index (χ3v) is 5.17. The van der Waals surface area contributed by atoms with Gasteiger partial charge in [-0.1, -0.05) is 5.16 Å². The molecule has 0 atom stereocenters. The summed E-state index contributed by atoms with van der Waals surface area (Å²) in [5.41, 5.74) is 6.31. The topological polar surface area (TPSA) is 81.6 Å². The van der Waals surface area contributed by atoms with Crippen molar-refractivity contribution in [2.75, 3.05) is 26.7 Å². The standard InChI is InChI=1S/C18H24FN3O3/c1-22-9-7-18(8-10-22,6-2-3-11-24-17(20)23)16-14-5-4-13(19)12-15(14)25-21-16/h4-5,12H,2-3,6-11H2,1H3,(H2,20,23). The van der Waals surface area contributed by atoms with Gasteiger partial charge in [-0.15, -0.1) is 0 Å². The van der Waals surface area contributed by atoms with Crippen LogP contribution in [0.4, 0.5) is 9.18 Å². The number of piperidine rings is 1. The van der Waals surface area contributed by atoms with Crippen molar-refractivity contribution in [2.24, 2.45) is 5.73 Å². The molecule has 1 aromatic heterocycles. The van der Waals surface area contributed by atoms with Crippen LogP contribution in [0.1, 0.15) is 37.8 Å². The van der Waals surface area contributed by atoms with E-state index in [4.69, 9.17) is 15.0 Å². The van der Waals surface area contributed by atoms with Crippen LogP contribution in [0.3, 0.4) is 0 Å². The molecule has 1 fully saturated rings. The second-order valence-electron chi connectivity index (χ2n) is 6.88. The molecule has 1 aliphatic heterocycles. The molecule has 6 nitrogen and oxygen atoms in total. The van der Waals surface area contributed by atoms with Gasteiger partial charge in [0.1, 0.15) is 5.82 Å².